The SMILES string of the molecule is CC(NC(C)c1cnn(C)c1)c1cccc(O)c1. The zero-order valence-electron chi connectivity index (χ0n) is 11.0. The van der Waals surface area contributed by atoms with E-state index < -0.39 is 0 Å². The summed E-state index contributed by atoms with van der Waals surface area (Å²) < 4.78 is 1.80. The Kier molecular flexibility index (Phi) is 3.67. The van der Waals surface area contributed by atoms with E-state index >= 15 is 0 Å². The summed E-state index contributed by atoms with van der Waals surface area (Å²) in [5, 5.41) is 17.1. The number of hydrogen-bond acceptors (Lipinski definition) is 3. The number of phenolic OH excluding ortho intramolecular Hbond substituents is 1. The maximum Gasteiger partial charge on any atom is 0.115 e. The van der Waals surface area contributed by atoms with Gasteiger partial charge in [-0.15, -0.1) is 0 Å². The fraction of sp³-hybridized carbons (Fsp3) is 0.357. The summed E-state index contributed by atoms with van der Waals surface area (Å²) in [6.07, 6.45) is 3.87. The molecule has 4 nitrogen and oxygen atoms in total. The molecule has 1 aromatic heterocycles. The number of benzene rings is 1. The molecule has 1 aromatic carbocycles. The van der Waals surface area contributed by atoms with Gasteiger partial charge in [-0.05, 0) is 31.5 Å². The molecule has 2 N–H and O–H groups in total. The van der Waals surface area contributed by atoms with Crippen molar-refractivity contribution < 1.29 is 5.11 Å². The van der Waals surface area contributed by atoms with E-state index in [1.165, 1.54) is 0 Å². The van der Waals surface area contributed by atoms with Crippen molar-refractivity contribution in [3.8, 4) is 5.75 Å². The number of phenols is 1. The molecular formula is C14H19N3O. The summed E-state index contributed by atoms with van der Waals surface area (Å²) in [5.41, 5.74) is 2.23. The first-order valence-electron chi connectivity index (χ1n) is 6.10. The maximum absolute atomic E-state index is 9.48. The van der Waals surface area contributed by atoms with Gasteiger partial charge in [0, 0.05) is 30.9 Å². The fourth-order valence-electron chi connectivity index (χ4n) is 2.03. The highest BCUT2D eigenvalue weighted by Crippen LogP contribution is 2.21. The molecule has 0 amide bonds. The Morgan fingerprint density at radius 1 is 1.22 bits per heavy atom. The van der Waals surface area contributed by atoms with Gasteiger partial charge in [0.15, 0.2) is 0 Å². The molecule has 2 rings (SSSR count). The van der Waals surface area contributed by atoms with Crippen LogP contribution in [-0.4, -0.2) is 14.9 Å². The minimum absolute atomic E-state index is 0.173. The first-order valence-corrected chi connectivity index (χ1v) is 6.10. The lowest BCUT2D eigenvalue weighted by molar-refractivity contribution is 0.466. The number of nitrogens with one attached hydrogen (secondary N) is 1. The minimum Gasteiger partial charge on any atom is -0.508 e. The number of nitrogens with zero attached hydrogens (tertiary/aromatic N) is 2. The van der Waals surface area contributed by atoms with Crippen molar-refractivity contribution in [2.75, 3.05) is 0 Å². The molecule has 0 fully saturated rings. The third-order valence-electron chi connectivity index (χ3n) is 3.10. The lowest BCUT2D eigenvalue weighted by Gasteiger charge is -2.19. The fourth-order valence-corrected chi connectivity index (χ4v) is 2.03. The van der Waals surface area contributed by atoms with Crippen LogP contribution in [0.5, 0.6) is 5.75 Å². The van der Waals surface area contributed by atoms with Crippen molar-refractivity contribution in [1.82, 2.24) is 15.1 Å². The molecule has 2 aromatic rings. The number of hydrogen-bond donors (Lipinski definition) is 2. The van der Waals surface area contributed by atoms with Crippen LogP contribution in [0.3, 0.4) is 0 Å². The van der Waals surface area contributed by atoms with Crippen molar-refractivity contribution >= 4 is 0 Å². The van der Waals surface area contributed by atoms with E-state index in [9.17, 15) is 5.11 Å². The van der Waals surface area contributed by atoms with Crippen LogP contribution in [0.4, 0.5) is 0 Å². The van der Waals surface area contributed by atoms with Crippen LogP contribution in [0.25, 0.3) is 0 Å². The van der Waals surface area contributed by atoms with Crippen molar-refractivity contribution in [1.29, 1.82) is 0 Å². The summed E-state index contributed by atoms with van der Waals surface area (Å²) in [7, 11) is 1.91. The maximum atomic E-state index is 9.48. The molecule has 0 aliphatic carbocycles. The van der Waals surface area contributed by atoms with Crippen molar-refractivity contribution in [3.63, 3.8) is 0 Å². The van der Waals surface area contributed by atoms with Crippen molar-refractivity contribution in [2.24, 2.45) is 7.05 Å². The van der Waals surface area contributed by atoms with Crippen LogP contribution in [-0.2, 0) is 7.05 Å². The molecule has 2 atom stereocenters. The smallest absolute Gasteiger partial charge is 0.115 e. The van der Waals surface area contributed by atoms with Gasteiger partial charge in [-0.25, -0.2) is 0 Å². The Morgan fingerprint density at radius 2 is 1.94 bits per heavy atom. The number of aryl methyl sites for hydroxylation is 1. The molecule has 0 aliphatic rings. The topological polar surface area (TPSA) is 50.1 Å². The molecule has 4 heteroatoms. The Bertz CT molecular complexity index is 521. The van der Waals surface area contributed by atoms with E-state index in [4.69, 9.17) is 0 Å². The number of rotatable bonds is 4. The molecule has 0 radical (unpaired) electrons. The van der Waals surface area contributed by atoms with Gasteiger partial charge < -0.3 is 10.4 Å². The molecular weight excluding hydrogens is 226 g/mol. The van der Waals surface area contributed by atoms with Gasteiger partial charge in [0.25, 0.3) is 0 Å². The second kappa shape index (κ2) is 5.23. The van der Waals surface area contributed by atoms with Gasteiger partial charge in [0.2, 0.25) is 0 Å². The van der Waals surface area contributed by atoms with E-state index in [0.717, 1.165) is 11.1 Å². The largest absolute Gasteiger partial charge is 0.508 e. The van der Waals surface area contributed by atoms with E-state index in [1.54, 1.807) is 16.8 Å². The van der Waals surface area contributed by atoms with E-state index in [2.05, 4.69) is 24.3 Å². The average Bonchev–Trinajstić information content (AvgIpc) is 2.76. The predicted molar refractivity (Wildman–Crippen MR) is 71.3 cm³/mol. The van der Waals surface area contributed by atoms with Crippen LogP contribution in [0.15, 0.2) is 36.7 Å². The molecule has 0 saturated heterocycles. The van der Waals surface area contributed by atoms with Crippen LogP contribution < -0.4 is 5.32 Å². The van der Waals surface area contributed by atoms with E-state index in [-0.39, 0.29) is 12.1 Å². The minimum atomic E-state index is 0.173. The van der Waals surface area contributed by atoms with Crippen molar-refractivity contribution in [3.05, 3.63) is 47.8 Å². The quantitative estimate of drug-likeness (QED) is 0.870. The lowest BCUT2D eigenvalue weighted by Crippen LogP contribution is -2.22. The van der Waals surface area contributed by atoms with Gasteiger partial charge in [0.1, 0.15) is 5.75 Å². The zero-order chi connectivity index (χ0) is 13.1. The molecule has 2 unspecified atom stereocenters. The molecule has 18 heavy (non-hydrogen) atoms. The first kappa shape index (κ1) is 12.6. The van der Waals surface area contributed by atoms with Gasteiger partial charge in [-0.1, -0.05) is 12.1 Å². The van der Waals surface area contributed by atoms with Gasteiger partial charge >= 0.3 is 0 Å². The third kappa shape index (κ3) is 2.90. The summed E-state index contributed by atoms with van der Waals surface area (Å²) in [5.74, 6) is 0.301. The highest BCUT2D eigenvalue weighted by Gasteiger charge is 2.12. The van der Waals surface area contributed by atoms with Gasteiger partial charge in [0.05, 0.1) is 6.20 Å². The molecule has 0 bridgehead atoms. The second-order valence-corrected chi connectivity index (χ2v) is 4.65. The number of aromatic hydroxyl groups is 1. The van der Waals surface area contributed by atoms with Crippen LogP contribution in [0, 0.1) is 0 Å². The predicted octanol–water partition coefficient (Wildman–Crippen LogP) is 2.54. The summed E-state index contributed by atoms with van der Waals surface area (Å²) in [6.45, 7) is 4.19. The van der Waals surface area contributed by atoms with Crippen molar-refractivity contribution in [2.45, 2.75) is 25.9 Å². The van der Waals surface area contributed by atoms with Gasteiger partial charge in [-0.3, -0.25) is 4.68 Å². The Morgan fingerprint density at radius 3 is 2.56 bits per heavy atom. The third-order valence-corrected chi connectivity index (χ3v) is 3.10. The summed E-state index contributed by atoms with van der Waals surface area (Å²) in [6, 6.07) is 7.72. The highest BCUT2D eigenvalue weighted by molar-refractivity contribution is 5.29. The Hall–Kier alpha value is -1.81. The zero-order valence-corrected chi connectivity index (χ0v) is 11.0. The van der Waals surface area contributed by atoms with E-state index in [0.29, 0.717) is 5.75 Å². The standard InChI is InChI=1S/C14H19N3O/c1-10(12-5-4-6-14(18)7-12)16-11(2)13-8-15-17(3)9-13/h4-11,16,18H,1-3H3. The lowest BCUT2D eigenvalue weighted by atomic mass is 10.1. The normalized spacial score (nSPS) is 14.4. The van der Waals surface area contributed by atoms with Gasteiger partial charge in [-0.2, -0.15) is 5.10 Å². The monoisotopic (exact) mass is 245 g/mol. The first-order chi connectivity index (χ1) is 8.56. The average molecular weight is 245 g/mol. The second-order valence-electron chi connectivity index (χ2n) is 4.65. The van der Waals surface area contributed by atoms with E-state index in [1.807, 2.05) is 31.6 Å². The molecule has 0 aliphatic heterocycles. The molecule has 0 spiro atoms. The Labute approximate surface area is 107 Å². The molecule has 96 valence electrons. The summed E-state index contributed by atoms with van der Waals surface area (Å²) in [4.78, 5) is 0. The highest BCUT2D eigenvalue weighted by atomic mass is 16.3. The van der Waals surface area contributed by atoms with Crippen LogP contribution >= 0.6 is 0 Å². The molecule has 0 saturated carbocycles. The molecule has 1 heterocycles. The summed E-state index contributed by atoms with van der Waals surface area (Å²) >= 11 is 0. The number of aromatic nitrogens is 2. The Balaban J connectivity index is 2.05. The van der Waals surface area contributed by atoms with Crippen LogP contribution in [0.1, 0.15) is 37.1 Å². The van der Waals surface area contributed by atoms with Crippen LogP contribution in [0.2, 0.25) is 0 Å².